The number of carbonyl (C=O) groups excluding carboxylic acids is 1. The van der Waals surface area contributed by atoms with Gasteiger partial charge in [0, 0.05) is 44.8 Å². The number of hydrogen-bond acceptors (Lipinski definition) is 4. The molecule has 6 nitrogen and oxygen atoms in total. The molecule has 0 bridgehead atoms. The SMILES string of the molecule is COCCNC(=O)Cn1c(C2CC2)nc2c1CCNC2. The van der Waals surface area contributed by atoms with Gasteiger partial charge in [-0.05, 0) is 12.8 Å². The Hall–Kier alpha value is -1.40. The van der Waals surface area contributed by atoms with Crippen molar-refractivity contribution in [2.45, 2.75) is 38.3 Å². The van der Waals surface area contributed by atoms with E-state index in [1.54, 1.807) is 7.11 Å². The highest BCUT2D eigenvalue weighted by atomic mass is 16.5. The summed E-state index contributed by atoms with van der Waals surface area (Å²) >= 11 is 0. The van der Waals surface area contributed by atoms with Crippen molar-refractivity contribution >= 4 is 5.91 Å². The average molecular weight is 278 g/mol. The lowest BCUT2D eigenvalue weighted by Gasteiger charge is -2.16. The van der Waals surface area contributed by atoms with Crippen LogP contribution in [-0.2, 0) is 29.0 Å². The number of nitrogens with one attached hydrogen (secondary N) is 2. The standard InChI is InChI=1S/C14H22N4O2/c1-20-7-6-16-13(19)9-18-12-4-5-15-8-11(12)17-14(18)10-2-3-10/h10,15H,2-9H2,1H3,(H,16,19). The molecule has 1 aromatic heterocycles. The summed E-state index contributed by atoms with van der Waals surface area (Å²) in [7, 11) is 1.64. The van der Waals surface area contributed by atoms with Crippen LogP contribution in [0.2, 0.25) is 0 Å². The lowest BCUT2D eigenvalue weighted by Crippen LogP contribution is -2.32. The molecule has 3 rings (SSSR count). The first-order valence-electron chi connectivity index (χ1n) is 7.34. The number of ether oxygens (including phenoxy) is 1. The number of fused-ring (bicyclic) bond motifs is 1. The summed E-state index contributed by atoms with van der Waals surface area (Å²) in [5.74, 6) is 1.72. The van der Waals surface area contributed by atoms with Gasteiger partial charge in [-0.1, -0.05) is 0 Å². The van der Waals surface area contributed by atoms with E-state index in [1.165, 1.54) is 18.5 Å². The lowest BCUT2D eigenvalue weighted by atomic mass is 10.2. The number of methoxy groups -OCH3 is 1. The highest BCUT2D eigenvalue weighted by Crippen LogP contribution is 2.40. The van der Waals surface area contributed by atoms with Gasteiger partial charge in [0.1, 0.15) is 12.4 Å². The van der Waals surface area contributed by atoms with Crippen LogP contribution in [0, 0.1) is 0 Å². The Kier molecular flexibility index (Phi) is 4.03. The Morgan fingerprint density at radius 1 is 1.55 bits per heavy atom. The van der Waals surface area contributed by atoms with Crippen molar-refractivity contribution in [3.05, 3.63) is 17.2 Å². The van der Waals surface area contributed by atoms with Crippen molar-refractivity contribution in [2.75, 3.05) is 26.8 Å². The van der Waals surface area contributed by atoms with Gasteiger partial charge in [-0.3, -0.25) is 4.79 Å². The maximum absolute atomic E-state index is 12.0. The first-order chi connectivity index (χ1) is 9.79. The van der Waals surface area contributed by atoms with Crippen molar-refractivity contribution in [3.63, 3.8) is 0 Å². The van der Waals surface area contributed by atoms with Crippen LogP contribution in [0.5, 0.6) is 0 Å². The van der Waals surface area contributed by atoms with Crippen molar-refractivity contribution in [2.24, 2.45) is 0 Å². The monoisotopic (exact) mass is 278 g/mol. The maximum atomic E-state index is 12.0. The predicted octanol–water partition coefficient (Wildman–Crippen LogP) is 0.169. The van der Waals surface area contributed by atoms with Crippen LogP contribution in [0.4, 0.5) is 0 Å². The number of hydrogen-bond donors (Lipinski definition) is 2. The Morgan fingerprint density at radius 3 is 3.15 bits per heavy atom. The van der Waals surface area contributed by atoms with Crippen molar-refractivity contribution in [3.8, 4) is 0 Å². The smallest absolute Gasteiger partial charge is 0.240 e. The molecule has 1 fully saturated rings. The Bertz CT molecular complexity index is 494. The molecule has 1 aromatic rings. The molecule has 1 saturated carbocycles. The van der Waals surface area contributed by atoms with Crippen LogP contribution < -0.4 is 10.6 Å². The third kappa shape index (κ3) is 2.86. The number of imidazole rings is 1. The molecule has 2 aliphatic rings. The normalized spacial score (nSPS) is 17.9. The molecule has 110 valence electrons. The molecule has 6 heteroatoms. The van der Waals surface area contributed by atoms with E-state index < -0.39 is 0 Å². The molecule has 2 N–H and O–H groups in total. The van der Waals surface area contributed by atoms with Crippen LogP contribution >= 0.6 is 0 Å². The van der Waals surface area contributed by atoms with E-state index in [9.17, 15) is 4.79 Å². The zero-order valence-electron chi connectivity index (χ0n) is 11.9. The lowest BCUT2D eigenvalue weighted by molar-refractivity contribution is -0.121. The molecule has 1 aliphatic carbocycles. The highest BCUT2D eigenvalue weighted by molar-refractivity contribution is 5.76. The molecule has 1 amide bonds. The van der Waals surface area contributed by atoms with Crippen LogP contribution in [0.25, 0.3) is 0 Å². The second-order valence-corrected chi connectivity index (χ2v) is 5.49. The van der Waals surface area contributed by atoms with Gasteiger partial charge in [0.25, 0.3) is 0 Å². The van der Waals surface area contributed by atoms with Gasteiger partial charge in [0.2, 0.25) is 5.91 Å². The first kappa shape index (κ1) is 13.6. The van der Waals surface area contributed by atoms with Gasteiger partial charge in [-0.2, -0.15) is 0 Å². The van der Waals surface area contributed by atoms with Gasteiger partial charge in [0.05, 0.1) is 12.3 Å². The van der Waals surface area contributed by atoms with E-state index >= 15 is 0 Å². The summed E-state index contributed by atoms with van der Waals surface area (Å²) in [4.78, 5) is 16.8. The molecule has 0 atom stereocenters. The van der Waals surface area contributed by atoms with Crippen molar-refractivity contribution in [1.82, 2.24) is 20.2 Å². The van der Waals surface area contributed by atoms with E-state index in [4.69, 9.17) is 9.72 Å². The average Bonchev–Trinajstić information content (AvgIpc) is 3.23. The third-order valence-corrected chi connectivity index (χ3v) is 3.89. The molecule has 20 heavy (non-hydrogen) atoms. The van der Waals surface area contributed by atoms with Crippen LogP contribution in [0.15, 0.2) is 0 Å². The molecule has 0 aromatic carbocycles. The predicted molar refractivity (Wildman–Crippen MR) is 74.5 cm³/mol. The highest BCUT2D eigenvalue weighted by Gasteiger charge is 2.32. The van der Waals surface area contributed by atoms with Crippen molar-refractivity contribution < 1.29 is 9.53 Å². The van der Waals surface area contributed by atoms with Gasteiger partial charge >= 0.3 is 0 Å². The quantitative estimate of drug-likeness (QED) is 0.728. The Labute approximate surface area is 118 Å². The minimum Gasteiger partial charge on any atom is -0.383 e. The maximum Gasteiger partial charge on any atom is 0.240 e. The van der Waals surface area contributed by atoms with E-state index in [0.717, 1.165) is 31.0 Å². The van der Waals surface area contributed by atoms with Gasteiger partial charge in [0.15, 0.2) is 0 Å². The van der Waals surface area contributed by atoms with E-state index in [2.05, 4.69) is 15.2 Å². The summed E-state index contributed by atoms with van der Waals surface area (Å²) in [6.45, 7) is 3.29. The molecular formula is C14H22N4O2. The summed E-state index contributed by atoms with van der Waals surface area (Å²) in [6.07, 6.45) is 3.36. The first-order valence-corrected chi connectivity index (χ1v) is 7.34. The van der Waals surface area contributed by atoms with Crippen LogP contribution in [0.1, 0.15) is 36.0 Å². The van der Waals surface area contributed by atoms with E-state index in [0.29, 0.717) is 25.6 Å². The van der Waals surface area contributed by atoms with E-state index in [1.807, 2.05) is 0 Å². The molecule has 1 aliphatic heterocycles. The largest absolute Gasteiger partial charge is 0.383 e. The zero-order chi connectivity index (χ0) is 13.9. The number of aromatic nitrogens is 2. The minimum atomic E-state index is 0.0442. The number of carbonyl (C=O) groups is 1. The molecule has 0 saturated heterocycles. The summed E-state index contributed by atoms with van der Waals surface area (Å²) in [5.41, 5.74) is 2.37. The fraction of sp³-hybridized carbons (Fsp3) is 0.714. The summed E-state index contributed by atoms with van der Waals surface area (Å²) < 4.78 is 7.10. The van der Waals surface area contributed by atoms with Crippen LogP contribution in [-0.4, -0.2) is 42.3 Å². The van der Waals surface area contributed by atoms with Crippen molar-refractivity contribution in [1.29, 1.82) is 0 Å². The molecule has 2 heterocycles. The third-order valence-electron chi connectivity index (χ3n) is 3.89. The topological polar surface area (TPSA) is 68.2 Å². The Morgan fingerprint density at radius 2 is 2.40 bits per heavy atom. The second kappa shape index (κ2) is 5.93. The van der Waals surface area contributed by atoms with Gasteiger partial charge in [-0.25, -0.2) is 4.98 Å². The van der Waals surface area contributed by atoms with Gasteiger partial charge < -0.3 is 19.9 Å². The Balaban J connectivity index is 1.73. The summed E-state index contributed by atoms with van der Waals surface area (Å²) in [6, 6.07) is 0. The minimum absolute atomic E-state index is 0.0442. The molecular weight excluding hydrogens is 256 g/mol. The fourth-order valence-electron chi connectivity index (χ4n) is 2.71. The van der Waals surface area contributed by atoms with Crippen LogP contribution in [0.3, 0.4) is 0 Å². The summed E-state index contributed by atoms with van der Waals surface area (Å²) in [5, 5.41) is 6.23. The number of nitrogens with zero attached hydrogens (tertiary/aromatic N) is 2. The second-order valence-electron chi connectivity index (χ2n) is 5.49. The molecule has 0 spiro atoms. The molecule has 0 radical (unpaired) electrons. The van der Waals surface area contributed by atoms with Gasteiger partial charge in [-0.15, -0.1) is 0 Å². The molecule has 0 unspecified atom stereocenters. The number of amides is 1. The fourth-order valence-corrected chi connectivity index (χ4v) is 2.71. The zero-order valence-corrected chi connectivity index (χ0v) is 11.9. The number of rotatable bonds is 6. The van der Waals surface area contributed by atoms with E-state index in [-0.39, 0.29) is 5.91 Å².